The van der Waals surface area contributed by atoms with E-state index in [1.54, 1.807) is 7.11 Å². The first kappa shape index (κ1) is 72.9. The van der Waals surface area contributed by atoms with Crippen LogP contribution in [0.3, 0.4) is 0 Å². The Balaban J connectivity index is 0.000000113. The fourth-order valence-electron chi connectivity index (χ4n) is 17.9. The molecular formula is C113H78N4O4. The number of nitrogens with zero attached hydrogens (tertiary/aromatic N) is 4. The predicted molar refractivity (Wildman–Crippen MR) is 507 cm³/mol. The van der Waals surface area contributed by atoms with Crippen LogP contribution in [0.1, 0.15) is 26.3 Å². The van der Waals surface area contributed by atoms with Gasteiger partial charge in [0.05, 0.1) is 13.7 Å². The van der Waals surface area contributed by atoms with Crippen molar-refractivity contribution < 1.29 is 18.0 Å². The number of methoxy groups -OCH3 is 1. The number of hydrogen-bond acceptors (Lipinski definition) is 7. The van der Waals surface area contributed by atoms with Gasteiger partial charge < -0.3 is 27.8 Å². The topological polar surface area (TPSA) is 72.4 Å². The standard InChI is InChI=1S/C42H33NO.C39H24N2O.C32H21NO2/c1-42(2,3)30-20-23-34-29(26-30)27-38(36-24-25-37-35-16-10-11-17-39(35)44-41(37)40(34)36)28-18-21-33(22-19-28)43(31-12-6-4-7-13-31)32-14-8-5-9-15-32;1-40-28-19-16-27-24-35(33-22-23-34-32-14-8-9-15-37(32)42-39(34)38(33)36(27)25-28)26-17-20-31(21-18-26)41(29-10-4-2-5-11-29)30-12-6-3-7-13-30;1-34-23-13-11-20(12-14-23)28-18-21-6-4-9-24(22-7-5-17-33-19-22)30(21)31-26(28)15-16-27-25-8-2-3-10-29(25)35-32(27)31/h4-27H,1-3H3;2-25H;2-19H,1H3. The fourth-order valence-corrected chi connectivity index (χ4v) is 17.9. The maximum atomic E-state index is 7.63. The number of hydrogen-bond donors (Lipinski definition) is 0. The van der Waals surface area contributed by atoms with Crippen LogP contribution in [0.4, 0.5) is 39.8 Å². The Kier molecular flexibility index (Phi) is 18.3. The van der Waals surface area contributed by atoms with Gasteiger partial charge in [-0.05, 0) is 245 Å². The van der Waals surface area contributed by atoms with Crippen LogP contribution in [-0.2, 0) is 5.41 Å². The van der Waals surface area contributed by atoms with Crippen molar-refractivity contribution in [2.45, 2.75) is 26.2 Å². The van der Waals surface area contributed by atoms with Gasteiger partial charge in [-0.3, -0.25) is 4.98 Å². The van der Waals surface area contributed by atoms with Gasteiger partial charge in [0.1, 0.15) is 39.2 Å². The van der Waals surface area contributed by atoms with Crippen LogP contribution in [0.2, 0.25) is 0 Å². The number of aromatic nitrogens is 1. The minimum absolute atomic E-state index is 0.0503. The Morgan fingerprint density at radius 3 is 1.15 bits per heavy atom. The molecule has 8 heteroatoms. The Hall–Kier alpha value is -15.8. The zero-order chi connectivity index (χ0) is 81.2. The van der Waals surface area contributed by atoms with E-state index in [9.17, 15) is 0 Å². The Morgan fingerprint density at radius 1 is 0.289 bits per heavy atom. The first-order chi connectivity index (χ1) is 59.5. The van der Waals surface area contributed by atoms with E-state index in [0.717, 1.165) is 171 Å². The molecule has 121 heavy (non-hydrogen) atoms. The maximum Gasteiger partial charge on any atom is 0.187 e. The normalized spacial score (nSPS) is 11.6. The molecule has 0 radical (unpaired) electrons. The average molecular weight is 1560 g/mol. The molecule has 0 atom stereocenters. The van der Waals surface area contributed by atoms with Crippen LogP contribution < -0.4 is 14.5 Å². The van der Waals surface area contributed by atoms with Gasteiger partial charge in [0.2, 0.25) is 0 Å². The van der Waals surface area contributed by atoms with Crippen molar-refractivity contribution in [3.05, 3.63) is 418 Å². The van der Waals surface area contributed by atoms with E-state index in [1.165, 1.54) is 49.2 Å². The molecule has 0 unspecified atom stereocenters. The summed E-state index contributed by atoms with van der Waals surface area (Å²) < 4.78 is 25.1. The molecule has 574 valence electrons. The first-order valence-corrected chi connectivity index (χ1v) is 40.9. The molecule has 0 saturated heterocycles. The summed E-state index contributed by atoms with van der Waals surface area (Å²) in [5.41, 5.74) is 23.3. The minimum atomic E-state index is 0.0503. The summed E-state index contributed by atoms with van der Waals surface area (Å²) in [5.74, 6) is 0.845. The molecule has 23 aromatic rings. The second-order valence-corrected chi connectivity index (χ2v) is 31.8. The van der Waals surface area contributed by atoms with Crippen molar-refractivity contribution in [1.82, 2.24) is 4.98 Å². The number of fused-ring (bicyclic) bond motifs is 21. The van der Waals surface area contributed by atoms with E-state index in [0.29, 0.717) is 5.69 Å². The number of benzene rings is 19. The highest BCUT2D eigenvalue weighted by Crippen LogP contribution is 2.50. The number of rotatable bonds is 11. The minimum Gasteiger partial charge on any atom is -0.497 e. The van der Waals surface area contributed by atoms with Crippen molar-refractivity contribution in [1.29, 1.82) is 0 Å². The number of anilines is 6. The highest BCUT2D eigenvalue weighted by atomic mass is 16.5. The Bertz CT molecular complexity index is 7870. The second-order valence-electron chi connectivity index (χ2n) is 31.8. The van der Waals surface area contributed by atoms with Crippen molar-refractivity contribution >= 4 is 170 Å². The lowest BCUT2D eigenvalue weighted by Gasteiger charge is -2.25. The third-order valence-corrected chi connectivity index (χ3v) is 23.7. The van der Waals surface area contributed by atoms with E-state index >= 15 is 0 Å². The van der Waals surface area contributed by atoms with E-state index in [1.807, 2.05) is 97.3 Å². The average Bonchev–Trinajstić information content (AvgIpc) is 1.69. The smallest absolute Gasteiger partial charge is 0.187 e. The van der Waals surface area contributed by atoms with Crippen molar-refractivity contribution in [2.75, 3.05) is 16.9 Å². The van der Waals surface area contributed by atoms with Crippen molar-refractivity contribution in [3.63, 3.8) is 0 Å². The highest BCUT2D eigenvalue weighted by Gasteiger charge is 2.25. The van der Waals surface area contributed by atoms with Crippen LogP contribution in [-0.4, -0.2) is 12.1 Å². The fraction of sp³-hybridized carbons (Fsp3) is 0.0442. The lowest BCUT2D eigenvalue weighted by atomic mass is 9.84. The summed E-state index contributed by atoms with van der Waals surface area (Å²) in [6.45, 7) is 14.5. The van der Waals surface area contributed by atoms with Gasteiger partial charge in [0, 0.05) is 106 Å². The van der Waals surface area contributed by atoms with Crippen LogP contribution in [0, 0.1) is 6.57 Å². The molecule has 0 aliphatic rings. The zero-order valence-corrected chi connectivity index (χ0v) is 67.0. The number of ether oxygens (including phenoxy) is 1. The summed E-state index contributed by atoms with van der Waals surface area (Å²) in [4.78, 5) is 12.7. The third-order valence-electron chi connectivity index (χ3n) is 23.7. The van der Waals surface area contributed by atoms with Crippen LogP contribution >= 0.6 is 0 Å². The molecule has 0 aliphatic carbocycles. The molecule has 4 heterocycles. The summed E-state index contributed by atoms with van der Waals surface area (Å²) in [6, 6.07) is 136. The molecule has 19 aromatic carbocycles. The third kappa shape index (κ3) is 13.1. The molecule has 0 fully saturated rings. The molecule has 0 saturated carbocycles. The highest BCUT2D eigenvalue weighted by molar-refractivity contribution is 6.30. The van der Waals surface area contributed by atoms with Crippen LogP contribution in [0.25, 0.3) is 180 Å². The lowest BCUT2D eigenvalue weighted by Crippen LogP contribution is -2.10. The summed E-state index contributed by atoms with van der Waals surface area (Å²) >= 11 is 0. The van der Waals surface area contributed by atoms with E-state index in [4.69, 9.17) is 24.6 Å². The SMILES string of the molecule is CC(C)(C)c1ccc2c(c1)cc(-c1ccc(N(c3ccccc3)c3ccccc3)cc1)c1ccc3c4ccccc4oc3c12.COc1ccc(-c2cc3cccc(-c4cccnc4)c3c3c2ccc2c4ccccc4oc23)cc1.[C-]#[N+]c1ccc2cc(-c3ccc(N(c4ccccc4)c4ccccc4)cc3)c3ccc4c5ccccc5oc4c3c2c1. The van der Waals surface area contributed by atoms with Gasteiger partial charge in [-0.15, -0.1) is 0 Å². The van der Waals surface area contributed by atoms with E-state index in [-0.39, 0.29) is 5.41 Å². The lowest BCUT2D eigenvalue weighted by molar-refractivity contribution is 0.415. The van der Waals surface area contributed by atoms with Gasteiger partial charge in [0.25, 0.3) is 0 Å². The second kappa shape index (κ2) is 30.3. The molecule has 4 aromatic heterocycles. The van der Waals surface area contributed by atoms with Crippen molar-refractivity contribution in [3.8, 4) is 50.3 Å². The Morgan fingerprint density at radius 2 is 0.694 bits per heavy atom. The summed E-state index contributed by atoms with van der Waals surface area (Å²) in [6.07, 6.45) is 3.74. The molecule has 0 spiro atoms. The predicted octanol–water partition coefficient (Wildman–Crippen LogP) is 32.5. The molecule has 0 amide bonds. The van der Waals surface area contributed by atoms with Gasteiger partial charge in [-0.1, -0.05) is 257 Å². The van der Waals surface area contributed by atoms with Gasteiger partial charge in [-0.25, -0.2) is 4.85 Å². The van der Waals surface area contributed by atoms with Gasteiger partial charge in [0.15, 0.2) is 5.69 Å². The molecule has 23 rings (SSSR count). The zero-order valence-electron chi connectivity index (χ0n) is 67.0. The maximum absolute atomic E-state index is 7.63. The van der Waals surface area contributed by atoms with Crippen LogP contribution in [0.5, 0.6) is 5.75 Å². The number of para-hydroxylation sites is 7. The molecule has 0 N–H and O–H groups in total. The summed E-state index contributed by atoms with van der Waals surface area (Å²) in [5, 5.41) is 20.5. The summed E-state index contributed by atoms with van der Waals surface area (Å²) in [7, 11) is 1.69. The quantitative estimate of drug-likeness (QED) is 0.0944. The van der Waals surface area contributed by atoms with Crippen molar-refractivity contribution in [2.24, 2.45) is 0 Å². The van der Waals surface area contributed by atoms with Gasteiger partial charge in [-0.2, -0.15) is 0 Å². The number of pyridine rings is 1. The Labute approximate surface area is 699 Å². The molecular weight excluding hydrogens is 1480 g/mol. The van der Waals surface area contributed by atoms with Gasteiger partial charge >= 0.3 is 0 Å². The van der Waals surface area contributed by atoms with Crippen LogP contribution in [0.15, 0.2) is 414 Å². The molecule has 8 nitrogen and oxygen atoms in total. The first-order valence-electron chi connectivity index (χ1n) is 40.9. The molecule has 0 aliphatic heterocycles. The monoisotopic (exact) mass is 1550 g/mol. The number of furan rings is 3. The van der Waals surface area contributed by atoms with E-state index < -0.39 is 0 Å². The largest absolute Gasteiger partial charge is 0.497 e. The molecule has 0 bridgehead atoms. The van der Waals surface area contributed by atoms with E-state index in [2.05, 4.69) is 344 Å².